The molecule has 5 nitrogen and oxygen atoms in total. The van der Waals surface area contributed by atoms with E-state index in [1.807, 2.05) is 36.4 Å². The zero-order valence-electron chi connectivity index (χ0n) is 20.4. The van der Waals surface area contributed by atoms with E-state index in [1.54, 1.807) is 6.07 Å². The summed E-state index contributed by atoms with van der Waals surface area (Å²) in [7, 11) is 0. The summed E-state index contributed by atoms with van der Waals surface area (Å²) in [5.74, 6) is -0.617. The Morgan fingerprint density at radius 2 is 1.81 bits per heavy atom. The van der Waals surface area contributed by atoms with Crippen LogP contribution in [0.1, 0.15) is 42.0 Å². The maximum atomic E-state index is 15.0. The van der Waals surface area contributed by atoms with Gasteiger partial charge in [0.15, 0.2) is 6.61 Å². The van der Waals surface area contributed by atoms with E-state index >= 15 is 4.39 Å². The van der Waals surface area contributed by atoms with Crippen LogP contribution in [-0.2, 0) is 4.79 Å². The maximum absolute atomic E-state index is 15.0. The SMILES string of the molecule is C[C@@H](NC[C@H]1C[C@@H](c2cc(OCC(=O)O)ccc2F)c2ccccc2O1)c1cccc2ccccc12.Cl. The van der Waals surface area contributed by atoms with Crippen molar-refractivity contribution >= 4 is 29.1 Å². The zero-order valence-corrected chi connectivity index (χ0v) is 21.2. The molecule has 0 bridgehead atoms. The van der Waals surface area contributed by atoms with Crippen LogP contribution in [0.3, 0.4) is 0 Å². The average Bonchev–Trinajstić information content (AvgIpc) is 2.90. The number of fused-ring (bicyclic) bond motifs is 2. The van der Waals surface area contributed by atoms with Crippen LogP contribution in [0.15, 0.2) is 84.9 Å². The quantitative estimate of drug-likeness (QED) is 0.277. The van der Waals surface area contributed by atoms with Crippen LogP contribution in [0.25, 0.3) is 10.8 Å². The van der Waals surface area contributed by atoms with E-state index in [9.17, 15) is 4.79 Å². The first-order valence-corrected chi connectivity index (χ1v) is 12.1. The second-order valence-corrected chi connectivity index (χ2v) is 9.13. The molecule has 0 aliphatic carbocycles. The molecule has 0 aromatic heterocycles. The van der Waals surface area contributed by atoms with Crippen LogP contribution in [-0.4, -0.2) is 30.3 Å². The lowest BCUT2D eigenvalue weighted by Crippen LogP contribution is -2.37. The fourth-order valence-corrected chi connectivity index (χ4v) is 4.98. The Labute approximate surface area is 221 Å². The summed E-state index contributed by atoms with van der Waals surface area (Å²) in [5.41, 5.74) is 2.60. The minimum atomic E-state index is -1.08. The molecule has 192 valence electrons. The van der Waals surface area contributed by atoms with Crippen molar-refractivity contribution in [3.63, 3.8) is 0 Å². The van der Waals surface area contributed by atoms with E-state index in [4.69, 9.17) is 14.6 Å². The summed E-state index contributed by atoms with van der Waals surface area (Å²) >= 11 is 0. The first-order valence-electron chi connectivity index (χ1n) is 12.1. The van der Waals surface area contributed by atoms with Crippen LogP contribution in [0.2, 0.25) is 0 Å². The number of halogens is 2. The number of carboxylic acid groups (broad SMARTS) is 1. The van der Waals surface area contributed by atoms with Gasteiger partial charge in [0.2, 0.25) is 0 Å². The third-order valence-electron chi connectivity index (χ3n) is 6.73. The van der Waals surface area contributed by atoms with Crippen molar-refractivity contribution in [3.05, 3.63) is 107 Å². The molecule has 0 unspecified atom stereocenters. The maximum Gasteiger partial charge on any atom is 0.341 e. The highest BCUT2D eigenvalue weighted by Gasteiger charge is 2.31. The topological polar surface area (TPSA) is 67.8 Å². The molecule has 4 aromatic carbocycles. The number of ether oxygens (including phenoxy) is 2. The van der Waals surface area contributed by atoms with Gasteiger partial charge in [0.1, 0.15) is 23.4 Å². The molecule has 4 aromatic rings. The van der Waals surface area contributed by atoms with Gasteiger partial charge in [-0.1, -0.05) is 60.7 Å². The monoisotopic (exact) mass is 521 g/mol. The van der Waals surface area contributed by atoms with Crippen LogP contribution in [0.4, 0.5) is 4.39 Å². The summed E-state index contributed by atoms with van der Waals surface area (Å²) in [6, 6.07) is 26.8. The third-order valence-corrected chi connectivity index (χ3v) is 6.73. The first kappa shape index (κ1) is 26.5. The van der Waals surface area contributed by atoms with Crippen LogP contribution in [0, 0.1) is 5.82 Å². The Bertz CT molecular complexity index is 1390. The molecule has 3 atom stereocenters. The number of aliphatic carboxylic acids is 1. The van der Waals surface area contributed by atoms with Crippen molar-refractivity contribution in [2.75, 3.05) is 13.2 Å². The molecule has 0 fully saturated rings. The molecular weight excluding hydrogens is 493 g/mol. The molecule has 37 heavy (non-hydrogen) atoms. The fraction of sp³-hybridized carbons (Fsp3) is 0.233. The molecule has 1 aliphatic rings. The summed E-state index contributed by atoms with van der Waals surface area (Å²) < 4.78 is 26.7. The minimum Gasteiger partial charge on any atom is -0.489 e. The van der Waals surface area contributed by atoms with Gasteiger partial charge in [-0.2, -0.15) is 0 Å². The Morgan fingerprint density at radius 3 is 2.65 bits per heavy atom. The van der Waals surface area contributed by atoms with E-state index in [0.29, 0.717) is 24.3 Å². The number of carboxylic acids is 1. The molecule has 0 saturated heterocycles. The summed E-state index contributed by atoms with van der Waals surface area (Å²) in [4.78, 5) is 10.9. The number of benzene rings is 4. The lowest BCUT2D eigenvalue weighted by Gasteiger charge is -2.33. The molecule has 0 radical (unpaired) electrons. The third kappa shape index (κ3) is 5.87. The van der Waals surface area contributed by atoms with E-state index < -0.39 is 12.6 Å². The molecule has 0 spiro atoms. The molecule has 7 heteroatoms. The second kappa shape index (κ2) is 11.6. The largest absolute Gasteiger partial charge is 0.489 e. The number of nitrogens with one attached hydrogen (secondary N) is 1. The lowest BCUT2D eigenvalue weighted by atomic mass is 9.83. The van der Waals surface area contributed by atoms with Crippen LogP contribution >= 0.6 is 12.4 Å². The van der Waals surface area contributed by atoms with E-state index in [-0.39, 0.29) is 36.3 Å². The number of hydrogen-bond donors (Lipinski definition) is 2. The minimum absolute atomic E-state index is 0. The van der Waals surface area contributed by atoms with Gasteiger partial charge in [0.25, 0.3) is 0 Å². The molecule has 2 N–H and O–H groups in total. The average molecular weight is 522 g/mol. The second-order valence-electron chi connectivity index (χ2n) is 9.13. The Kier molecular flexibility index (Phi) is 8.31. The van der Waals surface area contributed by atoms with Gasteiger partial charge >= 0.3 is 5.97 Å². The Morgan fingerprint density at radius 1 is 1.05 bits per heavy atom. The number of carbonyl (C=O) groups is 1. The number of rotatable bonds is 8. The predicted molar refractivity (Wildman–Crippen MR) is 144 cm³/mol. The van der Waals surface area contributed by atoms with Gasteiger partial charge in [-0.15, -0.1) is 12.4 Å². The van der Waals surface area contributed by atoms with Gasteiger partial charge in [0.05, 0.1) is 0 Å². The Hall–Kier alpha value is -3.61. The summed E-state index contributed by atoms with van der Waals surface area (Å²) in [6.45, 7) is 2.25. The molecule has 0 saturated carbocycles. The Balaban J connectivity index is 0.00000320. The summed E-state index contributed by atoms with van der Waals surface area (Å²) in [5, 5.41) is 15.0. The standard InChI is InChI=1S/C30H28FNO4.ClH/c1-19(23-11-6-8-20-7-2-3-9-24(20)23)32-17-22-16-26(25-10-4-5-12-29(25)36-22)27-15-21(13-14-28(27)31)35-18-30(33)34;/h2-15,19,22,26,32H,16-18H2,1H3,(H,33,34);1H/t19-,22-,26-;/m1./s1. The van der Waals surface area contributed by atoms with Crippen molar-refractivity contribution in [1.82, 2.24) is 5.32 Å². The molecule has 1 aliphatic heterocycles. The highest BCUT2D eigenvalue weighted by atomic mass is 35.5. The molecule has 0 amide bonds. The summed E-state index contributed by atoms with van der Waals surface area (Å²) in [6.07, 6.45) is 0.399. The predicted octanol–water partition coefficient (Wildman–Crippen LogP) is 6.50. The van der Waals surface area contributed by atoms with E-state index in [1.165, 1.54) is 28.5 Å². The highest BCUT2D eigenvalue weighted by molar-refractivity contribution is 5.86. The zero-order chi connectivity index (χ0) is 25.1. The van der Waals surface area contributed by atoms with Crippen molar-refractivity contribution in [2.45, 2.75) is 31.4 Å². The van der Waals surface area contributed by atoms with Crippen LogP contribution in [0.5, 0.6) is 11.5 Å². The van der Waals surface area contributed by atoms with Gasteiger partial charge < -0.3 is 19.9 Å². The van der Waals surface area contributed by atoms with Gasteiger partial charge in [-0.3, -0.25) is 0 Å². The van der Waals surface area contributed by atoms with Crippen molar-refractivity contribution in [1.29, 1.82) is 0 Å². The smallest absolute Gasteiger partial charge is 0.341 e. The number of hydrogen-bond acceptors (Lipinski definition) is 4. The highest BCUT2D eigenvalue weighted by Crippen LogP contribution is 2.42. The van der Waals surface area contributed by atoms with Gasteiger partial charge in [0, 0.05) is 24.1 Å². The normalized spacial score (nSPS) is 17.2. The lowest BCUT2D eigenvalue weighted by molar-refractivity contribution is -0.139. The van der Waals surface area contributed by atoms with Crippen molar-refractivity contribution in [2.24, 2.45) is 0 Å². The molecular formula is C30H29ClFNO4. The van der Waals surface area contributed by atoms with Gasteiger partial charge in [-0.25, -0.2) is 9.18 Å². The fourth-order valence-electron chi connectivity index (χ4n) is 4.98. The van der Waals surface area contributed by atoms with E-state index in [2.05, 4.69) is 42.6 Å². The van der Waals surface area contributed by atoms with E-state index in [0.717, 1.165) is 11.3 Å². The molecule has 1 heterocycles. The first-order chi connectivity index (χ1) is 17.5. The van der Waals surface area contributed by atoms with Gasteiger partial charge in [-0.05, 0) is 59.5 Å². The van der Waals surface area contributed by atoms with Crippen molar-refractivity contribution < 1.29 is 23.8 Å². The van der Waals surface area contributed by atoms with Crippen LogP contribution < -0.4 is 14.8 Å². The number of para-hydroxylation sites is 1. The molecule has 5 rings (SSSR count). The van der Waals surface area contributed by atoms with Crippen molar-refractivity contribution in [3.8, 4) is 11.5 Å².